The van der Waals surface area contributed by atoms with Crippen molar-refractivity contribution in [1.29, 1.82) is 0 Å². The zero-order chi connectivity index (χ0) is 14.9. The first-order chi connectivity index (χ1) is 9.36. The zero-order valence-electron chi connectivity index (χ0n) is 12.6. The van der Waals surface area contributed by atoms with Crippen LogP contribution < -0.4 is 11.3 Å². The molecule has 0 spiro atoms. The SMILES string of the molecule is Cc1ccccc1-n1c(C(C)(C)C)ccc(CN)c1=O. The van der Waals surface area contributed by atoms with Crippen molar-refractivity contribution in [3.63, 3.8) is 0 Å². The molecule has 2 N–H and O–H groups in total. The van der Waals surface area contributed by atoms with Crippen LogP contribution in [0.15, 0.2) is 41.2 Å². The van der Waals surface area contributed by atoms with Crippen molar-refractivity contribution in [2.75, 3.05) is 0 Å². The molecule has 1 heterocycles. The predicted molar refractivity (Wildman–Crippen MR) is 83.4 cm³/mol. The number of rotatable bonds is 2. The molecule has 0 saturated heterocycles. The first-order valence-electron chi connectivity index (χ1n) is 6.87. The Bertz CT molecular complexity index is 678. The zero-order valence-corrected chi connectivity index (χ0v) is 12.6. The van der Waals surface area contributed by atoms with E-state index in [4.69, 9.17) is 5.73 Å². The molecule has 0 amide bonds. The minimum Gasteiger partial charge on any atom is -0.326 e. The molecule has 20 heavy (non-hydrogen) atoms. The molecule has 106 valence electrons. The maximum Gasteiger partial charge on any atom is 0.259 e. The number of hydrogen-bond donors (Lipinski definition) is 1. The number of hydrogen-bond acceptors (Lipinski definition) is 2. The van der Waals surface area contributed by atoms with E-state index in [9.17, 15) is 4.79 Å². The van der Waals surface area contributed by atoms with Crippen LogP contribution in [0.1, 0.15) is 37.6 Å². The van der Waals surface area contributed by atoms with Gasteiger partial charge in [-0.1, -0.05) is 45.0 Å². The van der Waals surface area contributed by atoms with Crippen LogP contribution in [0, 0.1) is 6.92 Å². The molecule has 0 bridgehead atoms. The quantitative estimate of drug-likeness (QED) is 0.912. The fraction of sp³-hybridized carbons (Fsp3) is 0.353. The van der Waals surface area contributed by atoms with Crippen molar-refractivity contribution < 1.29 is 0 Å². The van der Waals surface area contributed by atoms with Crippen LogP contribution >= 0.6 is 0 Å². The average molecular weight is 270 g/mol. The Morgan fingerprint density at radius 1 is 1.10 bits per heavy atom. The summed E-state index contributed by atoms with van der Waals surface area (Å²) in [5.41, 5.74) is 9.19. The molecule has 1 aromatic carbocycles. The van der Waals surface area contributed by atoms with Gasteiger partial charge in [0.2, 0.25) is 0 Å². The van der Waals surface area contributed by atoms with Crippen molar-refractivity contribution >= 4 is 0 Å². The van der Waals surface area contributed by atoms with Gasteiger partial charge in [-0.3, -0.25) is 9.36 Å². The Labute approximate surface area is 120 Å². The summed E-state index contributed by atoms with van der Waals surface area (Å²) in [5.74, 6) is 0. The number of aromatic nitrogens is 1. The van der Waals surface area contributed by atoms with E-state index in [2.05, 4.69) is 20.8 Å². The molecule has 2 aromatic rings. The lowest BCUT2D eigenvalue weighted by Gasteiger charge is -2.25. The Morgan fingerprint density at radius 2 is 1.75 bits per heavy atom. The predicted octanol–water partition coefficient (Wildman–Crippen LogP) is 2.90. The molecule has 0 saturated carbocycles. The van der Waals surface area contributed by atoms with Gasteiger partial charge in [0, 0.05) is 23.2 Å². The van der Waals surface area contributed by atoms with Gasteiger partial charge < -0.3 is 5.73 Å². The standard InChI is InChI=1S/C17H22N2O/c1-12-7-5-6-8-14(12)19-15(17(2,3)4)10-9-13(11-18)16(19)20/h5-10H,11,18H2,1-4H3. The van der Waals surface area contributed by atoms with Gasteiger partial charge in [-0.2, -0.15) is 0 Å². The van der Waals surface area contributed by atoms with Gasteiger partial charge in [-0.15, -0.1) is 0 Å². The van der Waals surface area contributed by atoms with Crippen LogP contribution in [0.3, 0.4) is 0 Å². The lowest BCUT2D eigenvalue weighted by atomic mass is 9.90. The summed E-state index contributed by atoms with van der Waals surface area (Å²) in [6.07, 6.45) is 0. The Balaban J connectivity index is 2.85. The van der Waals surface area contributed by atoms with Crippen LogP contribution in [0.5, 0.6) is 0 Å². The largest absolute Gasteiger partial charge is 0.326 e. The number of nitrogens with two attached hydrogens (primary N) is 1. The van der Waals surface area contributed by atoms with Gasteiger partial charge in [0.05, 0.1) is 5.69 Å². The van der Waals surface area contributed by atoms with Gasteiger partial charge in [-0.05, 0) is 24.6 Å². The van der Waals surface area contributed by atoms with Crippen molar-refractivity contribution in [3.05, 3.63) is 63.6 Å². The van der Waals surface area contributed by atoms with Gasteiger partial charge >= 0.3 is 0 Å². The number of pyridine rings is 1. The van der Waals surface area contributed by atoms with E-state index in [1.807, 2.05) is 43.3 Å². The van der Waals surface area contributed by atoms with E-state index in [0.717, 1.165) is 16.9 Å². The van der Waals surface area contributed by atoms with Crippen molar-refractivity contribution in [2.45, 2.75) is 39.7 Å². The van der Waals surface area contributed by atoms with Crippen LogP contribution in [0.2, 0.25) is 0 Å². The van der Waals surface area contributed by atoms with Gasteiger partial charge in [0.1, 0.15) is 0 Å². The number of aryl methyl sites for hydroxylation is 1. The highest BCUT2D eigenvalue weighted by Crippen LogP contribution is 2.25. The molecule has 0 fully saturated rings. The van der Waals surface area contributed by atoms with E-state index >= 15 is 0 Å². The monoisotopic (exact) mass is 270 g/mol. The van der Waals surface area contributed by atoms with Gasteiger partial charge in [0.15, 0.2) is 0 Å². The van der Waals surface area contributed by atoms with E-state index < -0.39 is 0 Å². The summed E-state index contributed by atoms with van der Waals surface area (Å²) in [4.78, 5) is 12.7. The minimum absolute atomic E-state index is 0.0192. The molecular weight excluding hydrogens is 248 g/mol. The van der Waals surface area contributed by atoms with Crippen molar-refractivity contribution in [1.82, 2.24) is 4.57 Å². The Kier molecular flexibility index (Phi) is 3.82. The highest BCUT2D eigenvalue weighted by Gasteiger charge is 2.21. The first-order valence-corrected chi connectivity index (χ1v) is 6.87. The van der Waals surface area contributed by atoms with E-state index in [-0.39, 0.29) is 17.5 Å². The summed E-state index contributed by atoms with van der Waals surface area (Å²) >= 11 is 0. The Hall–Kier alpha value is -1.87. The minimum atomic E-state index is -0.116. The summed E-state index contributed by atoms with van der Waals surface area (Å²) in [7, 11) is 0. The highest BCUT2D eigenvalue weighted by atomic mass is 16.1. The molecule has 2 rings (SSSR count). The second-order valence-corrected chi connectivity index (χ2v) is 6.12. The lowest BCUT2D eigenvalue weighted by molar-refractivity contribution is 0.545. The second-order valence-electron chi connectivity index (χ2n) is 6.12. The fourth-order valence-electron chi connectivity index (χ4n) is 2.37. The van der Waals surface area contributed by atoms with Crippen LogP contribution in [-0.4, -0.2) is 4.57 Å². The van der Waals surface area contributed by atoms with Gasteiger partial charge in [-0.25, -0.2) is 0 Å². The molecular formula is C17H22N2O. The van der Waals surface area contributed by atoms with E-state index in [1.54, 1.807) is 4.57 Å². The van der Waals surface area contributed by atoms with Crippen LogP contribution in [-0.2, 0) is 12.0 Å². The molecule has 0 radical (unpaired) electrons. The highest BCUT2D eigenvalue weighted by molar-refractivity contribution is 5.43. The maximum atomic E-state index is 12.7. The van der Waals surface area contributed by atoms with Crippen molar-refractivity contribution in [3.8, 4) is 5.69 Å². The normalized spacial score (nSPS) is 11.7. The third kappa shape index (κ3) is 2.54. The third-order valence-corrected chi connectivity index (χ3v) is 3.51. The second kappa shape index (κ2) is 5.25. The summed E-state index contributed by atoms with van der Waals surface area (Å²) < 4.78 is 1.80. The fourth-order valence-corrected chi connectivity index (χ4v) is 2.37. The molecule has 3 nitrogen and oxygen atoms in total. The molecule has 0 aliphatic heterocycles. The summed E-state index contributed by atoms with van der Waals surface area (Å²) in [6, 6.07) is 11.8. The number of nitrogens with zero attached hydrogens (tertiary/aromatic N) is 1. The van der Waals surface area contributed by atoms with Gasteiger partial charge in [0.25, 0.3) is 5.56 Å². The van der Waals surface area contributed by atoms with Crippen LogP contribution in [0.25, 0.3) is 5.69 Å². The maximum absolute atomic E-state index is 12.7. The van der Waals surface area contributed by atoms with E-state index in [1.165, 1.54) is 0 Å². The number of benzene rings is 1. The number of para-hydroxylation sites is 1. The molecule has 0 atom stereocenters. The van der Waals surface area contributed by atoms with Crippen molar-refractivity contribution in [2.24, 2.45) is 5.73 Å². The average Bonchev–Trinajstić information content (AvgIpc) is 2.38. The Morgan fingerprint density at radius 3 is 2.30 bits per heavy atom. The lowest BCUT2D eigenvalue weighted by Crippen LogP contribution is -2.31. The summed E-state index contributed by atoms with van der Waals surface area (Å²) in [6.45, 7) is 8.61. The molecule has 0 aliphatic carbocycles. The summed E-state index contributed by atoms with van der Waals surface area (Å²) in [5, 5.41) is 0. The molecule has 3 heteroatoms. The smallest absolute Gasteiger partial charge is 0.259 e. The topological polar surface area (TPSA) is 48.0 Å². The van der Waals surface area contributed by atoms with E-state index in [0.29, 0.717) is 5.56 Å². The third-order valence-electron chi connectivity index (χ3n) is 3.51. The molecule has 0 aliphatic rings. The first kappa shape index (κ1) is 14.5. The van der Waals surface area contributed by atoms with Crippen LogP contribution in [0.4, 0.5) is 0 Å². The molecule has 0 unspecified atom stereocenters. The molecule has 1 aromatic heterocycles.